The van der Waals surface area contributed by atoms with Gasteiger partial charge in [-0.15, -0.1) is 0 Å². The number of hydrogen-bond donors (Lipinski definition) is 1. The molecule has 1 amide bonds. The van der Waals surface area contributed by atoms with Crippen LogP contribution in [-0.4, -0.2) is 10.8 Å². The summed E-state index contributed by atoms with van der Waals surface area (Å²) in [5.41, 5.74) is 0.0114. The predicted octanol–water partition coefficient (Wildman–Crippen LogP) is 2.45. The molecule has 0 unspecified atom stereocenters. The van der Waals surface area contributed by atoms with Gasteiger partial charge in [0.05, 0.1) is 17.3 Å². The Morgan fingerprint density at radius 1 is 1.40 bits per heavy atom. The van der Waals surface area contributed by atoms with Crippen molar-refractivity contribution in [2.75, 3.05) is 5.32 Å². The summed E-state index contributed by atoms with van der Waals surface area (Å²) in [4.78, 5) is 21.4. The van der Waals surface area contributed by atoms with Crippen LogP contribution in [0.2, 0.25) is 0 Å². The lowest BCUT2D eigenvalue weighted by Gasteiger charge is -2.04. The number of nitro groups is 1. The Labute approximate surface area is 111 Å². The summed E-state index contributed by atoms with van der Waals surface area (Å²) >= 11 is 0. The first-order valence-electron chi connectivity index (χ1n) is 5.26. The third kappa shape index (κ3) is 2.62. The number of carbonyl (C=O) groups is 1. The van der Waals surface area contributed by atoms with Gasteiger partial charge in [-0.2, -0.15) is 5.26 Å². The maximum absolute atomic E-state index is 12.9. The van der Waals surface area contributed by atoms with E-state index in [1.165, 1.54) is 6.07 Å². The molecule has 0 aliphatic carbocycles. The number of nitriles is 1. The van der Waals surface area contributed by atoms with Crippen LogP contribution in [-0.2, 0) is 0 Å². The zero-order chi connectivity index (χ0) is 14.7. The quantitative estimate of drug-likeness (QED) is 0.683. The number of rotatable bonds is 3. The van der Waals surface area contributed by atoms with E-state index in [1.807, 2.05) is 0 Å². The van der Waals surface area contributed by atoms with E-state index in [0.717, 1.165) is 24.3 Å². The number of benzene rings is 1. The van der Waals surface area contributed by atoms with Crippen molar-refractivity contribution in [3.05, 3.63) is 57.6 Å². The second kappa shape index (κ2) is 5.19. The summed E-state index contributed by atoms with van der Waals surface area (Å²) in [6.07, 6.45) is 0. The van der Waals surface area contributed by atoms with E-state index >= 15 is 0 Å². The van der Waals surface area contributed by atoms with Gasteiger partial charge >= 0.3 is 5.88 Å². The van der Waals surface area contributed by atoms with E-state index in [4.69, 9.17) is 9.68 Å². The number of anilines is 1. The fraction of sp³-hybridized carbons (Fsp3) is 0. The van der Waals surface area contributed by atoms with Crippen LogP contribution in [0.4, 0.5) is 16.0 Å². The van der Waals surface area contributed by atoms with Crippen molar-refractivity contribution < 1.29 is 18.5 Å². The minimum Gasteiger partial charge on any atom is -0.395 e. The molecule has 0 radical (unpaired) electrons. The molecular weight excluding hydrogens is 269 g/mol. The normalized spacial score (nSPS) is 9.80. The molecule has 0 atom stereocenters. The number of hydrogen-bond acceptors (Lipinski definition) is 5. The van der Waals surface area contributed by atoms with Crippen molar-refractivity contribution in [3.8, 4) is 6.07 Å². The lowest BCUT2D eigenvalue weighted by atomic mass is 10.2. The summed E-state index contributed by atoms with van der Waals surface area (Å²) in [7, 11) is 0. The molecule has 100 valence electrons. The molecule has 1 heterocycles. The van der Waals surface area contributed by atoms with Crippen LogP contribution in [0.5, 0.6) is 0 Å². The van der Waals surface area contributed by atoms with Crippen LogP contribution in [0.3, 0.4) is 0 Å². The highest BCUT2D eigenvalue weighted by molar-refractivity contribution is 6.03. The number of halogens is 1. The minimum atomic E-state index is -0.782. The van der Waals surface area contributed by atoms with Crippen molar-refractivity contribution in [1.82, 2.24) is 0 Å². The Kier molecular flexibility index (Phi) is 3.43. The molecule has 2 aromatic rings. The van der Waals surface area contributed by atoms with Gasteiger partial charge < -0.3 is 9.73 Å². The topological polar surface area (TPSA) is 109 Å². The lowest BCUT2D eigenvalue weighted by Crippen LogP contribution is -2.12. The maximum Gasteiger partial charge on any atom is 0.433 e. The standard InChI is InChI=1S/C12H6FN3O4/c13-8-1-2-9(7(5-8)6-14)15-12(17)10-3-4-11(20-10)16(18)19/h1-5H,(H,15,17). The highest BCUT2D eigenvalue weighted by Gasteiger charge is 2.18. The average molecular weight is 275 g/mol. The van der Waals surface area contributed by atoms with Gasteiger partial charge in [-0.05, 0) is 24.3 Å². The Balaban J connectivity index is 2.23. The van der Waals surface area contributed by atoms with Crippen LogP contribution < -0.4 is 5.32 Å². The molecule has 1 N–H and O–H groups in total. The fourth-order valence-electron chi connectivity index (χ4n) is 1.45. The van der Waals surface area contributed by atoms with Crippen LogP contribution in [0.25, 0.3) is 0 Å². The van der Waals surface area contributed by atoms with Crippen molar-refractivity contribution >= 4 is 17.5 Å². The van der Waals surface area contributed by atoms with Crippen LogP contribution in [0.1, 0.15) is 16.1 Å². The molecule has 0 aliphatic rings. The summed E-state index contributed by atoms with van der Waals surface area (Å²) in [6.45, 7) is 0. The smallest absolute Gasteiger partial charge is 0.395 e. The zero-order valence-corrected chi connectivity index (χ0v) is 9.79. The van der Waals surface area contributed by atoms with Gasteiger partial charge in [-0.3, -0.25) is 14.9 Å². The molecule has 0 saturated heterocycles. The summed E-state index contributed by atoms with van der Waals surface area (Å²) in [5.74, 6) is -2.26. The second-order valence-electron chi connectivity index (χ2n) is 3.65. The van der Waals surface area contributed by atoms with Crippen molar-refractivity contribution in [1.29, 1.82) is 5.26 Å². The summed E-state index contributed by atoms with van der Waals surface area (Å²) in [6, 6.07) is 7.12. The van der Waals surface area contributed by atoms with E-state index in [1.54, 1.807) is 6.07 Å². The van der Waals surface area contributed by atoms with Crippen LogP contribution in [0, 0.1) is 27.3 Å². The highest BCUT2D eigenvalue weighted by Crippen LogP contribution is 2.20. The monoisotopic (exact) mass is 275 g/mol. The Hall–Kier alpha value is -3.21. The van der Waals surface area contributed by atoms with Crippen molar-refractivity contribution in [2.45, 2.75) is 0 Å². The largest absolute Gasteiger partial charge is 0.433 e. The number of carbonyl (C=O) groups excluding carboxylic acids is 1. The number of nitrogens with one attached hydrogen (secondary N) is 1. The SMILES string of the molecule is N#Cc1cc(F)ccc1NC(=O)c1ccc([N+](=O)[O-])o1. The Bertz CT molecular complexity index is 733. The van der Waals surface area contributed by atoms with Gasteiger partial charge in [0, 0.05) is 0 Å². The summed E-state index contributed by atoms with van der Waals surface area (Å²) < 4.78 is 17.6. The molecule has 0 spiro atoms. The van der Waals surface area contributed by atoms with E-state index in [9.17, 15) is 19.3 Å². The molecule has 20 heavy (non-hydrogen) atoms. The third-order valence-corrected chi connectivity index (χ3v) is 2.35. The van der Waals surface area contributed by atoms with E-state index in [2.05, 4.69) is 5.32 Å². The predicted molar refractivity (Wildman–Crippen MR) is 64.4 cm³/mol. The molecule has 0 saturated carbocycles. The Morgan fingerprint density at radius 3 is 2.75 bits per heavy atom. The van der Waals surface area contributed by atoms with Crippen LogP contribution >= 0.6 is 0 Å². The molecule has 0 bridgehead atoms. The van der Waals surface area contributed by atoms with Gasteiger partial charge in [0.1, 0.15) is 16.8 Å². The van der Waals surface area contributed by atoms with Crippen molar-refractivity contribution in [2.24, 2.45) is 0 Å². The maximum atomic E-state index is 12.9. The second-order valence-corrected chi connectivity index (χ2v) is 3.65. The van der Waals surface area contributed by atoms with E-state index < -0.39 is 22.5 Å². The molecule has 8 heteroatoms. The Morgan fingerprint density at radius 2 is 2.15 bits per heavy atom. The lowest BCUT2D eigenvalue weighted by molar-refractivity contribution is -0.402. The molecule has 1 aromatic carbocycles. The van der Waals surface area contributed by atoms with Gasteiger partial charge in [0.15, 0.2) is 5.76 Å². The van der Waals surface area contributed by atoms with E-state index in [0.29, 0.717) is 0 Å². The third-order valence-electron chi connectivity index (χ3n) is 2.35. The van der Waals surface area contributed by atoms with Crippen LogP contribution in [0.15, 0.2) is 34.7 Å². The zero-order valence-electron chi connectivity index (χ0n) is 9.79. The number of nitrogens with zero attached hydrogens (tertiary/aromatic N) is 2. The molecule has 2 rings (SSSR count). The van der Waals surface area contributed by atoms with Gasteiger partial charge in [-0.25, -0.2) is 4.39 Å². The molecular formula is C12H6FN3O4. The molecule has 7 nitrogen and oxygen atoms in total. The number of amides is 1. The van der Waals surface area contributed by atoms with E-state index in [-0.39, 0.29) is 17.0 Å². The highest BCUT2D eigenvalue weighted by atomic mass is 19.1. The van der Waals surface area contributed by atoms with Gasteiger partial charge in [-0.1, -0.05) is 0 Å². The summed E-state index contributed by atoms with van der Waals surface area (Å²) in [5, 5.41) is 21.6. The fourth-order valence-corrected chi connectivity index (χ4v) is 1.45. The first-order valence-corrected chi connectivity index (χ1v) is 5.26. The minimum absolute atomic E-state index is 0.0700. The molecule has 0 fully saturated rings. The van der Waals surface area contributed by atoms with Gasteiger partial charge in [0.25, 0.3) is 5.91 Å². The first kappa shape index (κ1) is 13.2. The number of furan rings is 1. The van der Waals surface area contributed by atoms with Crippen molar-refractivity contribution in [3.63, 3.8) is 0 Å². The molecule has 1 aromatic heterocycles. The first-order chi connectivity index (χ1) is 9.51. The molecule has 0 aliphatic heterocycles. The average Bonchev–Trinajstić information content (AvgIpc) is 2.90. The van der Waals surface area contributed by atoms with Gasteiger partial charge in [0.2, 0.25) is 0 Å².